The van der Waals surface area contributed by atoms with Crippen molar-refractivity contribution in [2.45, 2.75) is 33.1 Å². The summed E-state index contributed by atoms with van der Waals surface area (Å²) in [7, 11) is 0. The van der Waals surface area contributed by atoms with Gasteiger partial charge in [0, 0.05) is 11.8 Å². The molecule has 0 saturated carbocycles. The van der Waals surface area contributed by atoms with Crippen molar-refractivity contribution in [3.8, 4) is 0 Å². The predicted molar refractivity (Wildman–Crippen MR) is 107 cm³/mol. The fourth-order valence-electron chi connectivity index (χ4n) is 2.54. The molecule has 0 radical (unpaired) electrons. The molecule has 0 heterocycles. The number of anilines is 1. The van der Waals surface area contributed by atoms with E-state index in [0.717, 1.165) is 23.2 Å². The molecule has 4 heteroatoms. The maximum atomic E-state index is 12.0. The monoisotopic (exact) mass is 350 g/mol. The van der Waals surface area contributed by atoms with Gasteiger partial charge in [0.25, 0.3) is 0 Å². The predicted octanol–water partition coefficient (Wildman–Crippen LogP) is 4.14. The molecule has 2 aromatic rings. The molecule has 4 nitrogen and oxygen atoms in total. The van der Waals surface area contributed by atoms with E-state index in [1.807, 2.05) is 43.3 Å². The Morgan fingerprint density at radius 1 is 1.04 bits per heavy atom. The third kappa shape index (κ3) is 5.88. The van der Waals surface area contributed by atoms with Crippen molar-refractivity contribution in [3.63, 3.8) is 0 Å². The first-order valence-corrected chi connectivity index (χ1v) is 8.93. The van der Waals surface area contributed by atoms with E-state index in [1.54, 1.807) is 6.08 Å². The maximum Gasteiger partial charge on any atom is 0.244 e. The van der Waals surface area contributed by atoms with Crippen LogP contribution in [0.25, 0.3) is 6.08 Å². The van der Waals surface area contributed by atoms with Gasteiger partial charge in [-0.3, -0.25) is 9.59 Å². The number of rotatable bonds is 7. The number of carbonyl (C=O) groups excluding carboxylic acids is 2. The third-order valence-corrected chi connectivity index (χ3v) is 4.13. The van der Waals surface area contributed by atoms with Gasteiger partial charge in [0.15, 0.2) is 0 Å². The van der Waals surface area contributed by atoms with Crippen molar-refractivity contribution in [1.29, 1.82) is 0 Å². The molecule has 26 heavy (non-hydrogen) atoms. The molecule has 0 spiro atoms. The summed E-state index contributed by atoms with van der Waals surface area (Å²) in [5.41, 5.74) is 4.06. The highest BCUT2D eigenvalue weighted by Gasteiger charge is 2.06. The molecule has 2 rings (SSSR count). The van der Waals surface area contributed by atoms with E-state index in [2.05, 4.69) is 36.6 Å². The quantitative estimate of drug-likeness (QED) is 0.737. The van der Waals surface area contributed by atoms with E-state index in [0.29, 0.717) is 5.92 Å². The van der Waals surface area contributed by atoms with E-state index >= 15 is 0 Å². The fourth-order valence-corrected chi connectivity index (χ4v) is 2.54. The van der Waals surface area contributed by atoms with Crippen LogP contribution >= 0.6 is 0 Å². The molecule has 2 aromatic carbocycles. The van der Waals surface area contributed by atoms with Crippen LogP contribution in [0.5, 0.6) is 0 Å². The Bertz CT molecular complexity index is 777. The number of carbonyl (C=O) groups is 2. The second kappa shape index (κ2) is 9.56. The topological polar surface area (TPSA) is 58.2 Å². The zero-order valence-electron chi connectivity index (χ0n) is 15.6. The van der Waals surface area contributed by atoms with Gasteiger partial charge in [-0.1, -0.05) is 63.2 Å². The Kier molecular flexibility index (Phi) is 7.15. The summed E-state index contributed by atoms with van der Waals surface area (Å²) >= 11 is 0. The Morgan fingerprint density at radius 2 is 1.73 bits per heavy atom. The normalized spacial score (nSPS) is 10.9. The first-order chi connectivity index (χ1) is 12.5. The van der Waals surface area contributed by atoms with Gasteiger partial charge < -0.3 is 10.6 Å². The summed E-state index contributed by atoms with van der Waals surface area (Å²) < 4.78 is 0. The molecule has 0 saturated heterocycles. The van der Waals surface area contributed by atoms with E-state index in [9.17, 15) is 9.59 Å². The van der Waals surface area contributed by atoms with Crippen molar-refractivity contribution in [3.05, 3.63) is 71.3 Å². The van der Waals surface area contributed by atoms with Crippen molar-refractivity contribution in [2.24, 2.45) is 0 Å². The average Bonchev–Trinajstić information content (AvgIpc) is 2.65. The minimum absolute atomic E-state index is 0.0620. The highest BCUT2D eigenvalue weighted by Crippen LogP contribution is 2.16. The lowest BCUT2D eigenvalue weighted by Gasteiger charge is -2.09. The highest BCUT2D eigenvalue weighted by molar-refractivity contribution is 5.98. The van der Waals surface area contributed by atoms with Crippen molar-refractivity contribution in [2.75, 3.05) is 11.9 Å². The van der Waals surface area contributed by atoms with Crippen molar-refractivity contribution < 1.29 is 9.59 Å². The molecule has 0 aliphatic heterocycles. The van der Waals surface area contributed by atoms with Gasteiger partial charge in [-0.15, -0.1) is 0 Å². The minimum atomic E-state index is -0.295. The molecule has 0 aromatic heterocycles. The lowest BCUT2D eigenvalue weighted by molar-refractivity contribution is -0.121. The van der Waals surface area contributed by atoms with E-state index in [4.69, 9.17) is 0 Å². The zero-order chi connectivity index (χ0) is 18.9. The van der Waals surface area contributed by atoms with Gasteiger partial charge in [0.1, 0.15) is 0 Å². The van der Waals surface area contributed by atoms with Crippen LogP contribution in [0.4, 0.5) is 5.69 Å². The Balaban J connectivity index is 1.83. The highest BCUT2D eigenvalue weighted by atomic mass is 16.2. The van der Waals surface area contributed by atoms with Crippen LogP contribution < -0.4 is 10.6 Å². The third-order valence-electron chi connectivity index (χ3n) is 4.13. The smallest absolute Gasteiger partial charge is 0.244 e. The molecule has 0 aliphatic rings. The molecule has 136 valence electrons. The number of nitrogens with one attached hydrogen (secondary N) is 2. The van der Waals surface area contributed by atoms with Crippen LogP contribution in [0.15, 0.2) is 54.6 Å². The number of amides is 2. The molecular weight excluding hydrogens is 324 g/mol. The number of hydrogen-bond donors (Lipinski definition) is 2. The number of hydrogen-bond acceptors (Lipinski definition) is 2. The fraction of sp³-hybridized carbons (Fsp3) is 0.273. The zero-order valence-corrected chi connectivity index (χ0v) is 15.6. The Labute approximate surface area is 155 Å². The second-order valence-corrected chi connectivity index (χ2v) is 6.43. The maximum absolute atomic E-state index is 12.0. The molecule has 0 unspecified atom stereocenters. The van der Waals surface area contributed by atoms with Crippen LogP contribution in [0, 0.1) is 0 Å². The van der Waals surface area contributed by atoms with Crippen LogP contribution in [-0.4, -0.2) is 18.4 Å². The SMILES string of the molecule is CCc1ccccc1NC(=O)CNC(=O)/C=C/c1ccc(C(C)C)cc1. The second-order valence-electron chi connectivity index (χ2n) is 6.43. The molecular formula is C22H26N2O2. The summed E-state index contributed by atoms with van der Waals surface area (Å²) in [6.45, 7) is 6.25. The molecule has 0 aliphatic carbocycles. The van der Waals surface area contributed by atoms with Gasteiger partial charge in [0.05, 0.1) is 6.54 Å². The largest absolute Gasteiger partial charge is 0.343 e. The Morgan fingerprint density at radius 3 is 2.38 bits per heavy atom. The number of aryl methyl sites for hydroxylation is 1. The first kappa shape index (κ1) is 19.4. The van der Waals surface area contributed by atoms with Gasteiger partial charge in [-0.2, -0.15) is 0 Å². The lowest BCUT2D eigenvalue weighted by Crippen LogP contribution is -2.31. The van der Waals surface area contributed by atoms with Crippen molar-refractivity contribution in [1.82, 2.24) is 5.32 Å². The van der Waals surface area contributed by atoms with Gasteiger partial charge in [-0.05, 0) is 41.2 Å². The lowest BCUT2D eigenvalue weighted by atomic mass is 10.0. The van der Waals surface area contributed by atoms with Gasteiger partial charge >= 0.3 is 0 Å². The van der Waals surface area contributed by atoms with Gasteiger partial charge in [-0.25, -0.2) is 0 Å². The number of para-hydroxylation sites is 1. The molecule has 2 amide bonds. The van der Waals surface area contributed by atoms with E-state index in [-0.39, 0.29) is 18.4 Å². The molecule has 0 bridgehead atoms. The molecule has 0 atom stereocenters. The summed E-state index contributed by atoms with van der Waals surface area (Å²) in [5, 5.41) is 5.43. The summed E-state index contributed by atoms with van der Waals surface area (Å²) in [6, 6.07) is 15.7. The van der Waals surface area contributed by atoms with E-state index in [1.165, 1.54) is 11.6 Å². The van der Waals surface area contributed by atoms with Gasteiger partial charge in [0.2, 0.25) is 11.8 Å². The first-order valence-electron chi connectivity index (χ1n) is 8.93. The summed E-state index contributed by atoms with van der Waals surface area (Å²) in [4.78, 5) is 23.9. The standard InChI is InChI=1S/C22H26N2O2/c1-4-18-7-5-6-8-20(18)24-22(26)15-23-21(25)14-11-17-9-12-19(13-10-17)16(2)3/h5-14,16H,4,15H2,1-3H3,(H,23,25)(H,24,26)/b14-11+. The summed E-state index contributed by atoms with van der Waals surface area (Å²) in [5.74, 6) is -0.0570. The van der Waals surface area contributed by atoms with Crippen LogP contribution in [0.2, 0.25) is 0 Å². The minimum Gasteiger partial charge on any atom is -0.343 e. The molecule has 2 N–H and O–H groups in total. The average molecular weight is 350 g/mol. The van der Waals surface area contributed by atoms with Crippen LogP contribution in [-0.2, 0) is 16.0 Å². The van der Waals surface area contributed by atoms with Crippen LogP contribution in [0.3, 0.4) is 0 Å². The van der Waals surface area contributed by atoms with Crippen LogP contribution in [0.1, 0.15) is 43.4 Å². The number of benzene rings is 2. The summed E-state index contributed by atoms with van der Waals surface area (Å²) in [6.07, 6.45) is 4.02. The molecule has 0 fully saturated rings. The Hall–Kier alpha value is -2.88. The van der Waals surface area contributed by atoms with E-state index < -0.39 is 0 Å². The van der Waals surface area contributed by atoms with Crippen molar-refractivity contribution >= 4 is 23.6 Å².